The van der Waals surface area contributed by atoms with Gasteiger partial charge in [0.15, 0.2) is 0 Å². The maximum atomic E-state index is 10.8. The van der Waals surface area contributed by atoms with Gasteiger partial charge in [0, 0.05) is 12.0 Å². The van der Waals surface area contributed by atoms with E-state index in [4.69, 9.17) is 5.26 Å². The van der Waals surface area contributed by atoms with Crippen LogP contribution in [0.3, 0.4) is 0 Å². The van der Waals surface area contributed by atoms with Gasteiger partial charge in [-0.2, -0.15) is 5.26 Å². The van der Waals surface area contributed by atoms with E-state index in [0.29, 0.717) is 11.1 Å². The highest BCUT2D eigenvalue weighted by molar-refractivity contribution is 5.79. The molecule has 0 aromatic heterocycles. The van der Waals surface area contributed by atoms with Gasteiger partial charge in [-0.3, -0.25) is 4.79 Å². The zero-order chi connectivity index (χ0) is 9.84. The Hall–Kier alpha value is -1.82. The predicted molar refractivity (Wildman–Crippen MR) is 47.2 cm³/mol. The summed E-state index contributed by atoms with van der Waals surface area (Å²) < 4.78 is 0. The molecule has 0 fully saturated rings. The van der Waals surface area contributed by atoms with Crippen LogP contribution in [0.25, 0.3) is 0 Å². The number of aromatic hydroxyl groups is 1. The number of rotatable bonds is 2. The van der Waals surface area contributed by atoms with Crippen LogP contribution in [-0.2, 0) is 11.2 Å². The van der Waals surface area contributed by atoms with Crippen LogP contribution in [0.15, 0.2) is 18.2 Å². The lowest BCUT2D eigenvalue weighted by Crippen LogP contribution is -1.99. The molecule has 3 heteroatoms. The number of hydrogen-bond acceptors (Lipinski definition) is 3. The number of phenolic OH excluding ortho intramolecular Hbond substituents is 1. The van der Waals surface area contributed by atoms with Gasteiger partial charge in [-0.25, -0.2) is 0 Å². The van der Waals surface area contributed by atoms with Crippen LogP contribution in [-0.4, -0.2) is 10.9 Å². The molecule has 1 aromatic rings. The first-order valence-corrected chi connectivity index (χ1v) is 3.85. The van der Waals surface area contributed by atoms with Crippen LogP contribution < -0.4 is 0 Å². The Morgan fingerprint density at radius 2 is 2.31 bits per heavy atom. The number of nitriles is 1. The van der Waals surface area contributed by atoms with Crippen molar-refractivity contribution in [2.45, 2.75) is 13.3 Å². The maximum Gasteiger partial charge on any atom is 0.134 e. The summed E-state index contributed by atoms with van der Waals surface area (Å²) in [6, 6.07) is 6.56. The Kier molecular flexibility index (Phi) is 2.65. The van der Waals surface area contributed by atoms with Gasteiger partial charge in [0.1, 0.15) is 11.5 Å². The lowest BCUT2D eigenvalue weighted by molar-refractivity contribution is -0.116. The van der Waals surface area contributed by atoms with E-state index in [1.807, 2.05) is 6.07 Å². The van der Waals surface area contributed by atoms with Crippen molar-refractivity contribution in [3.8, 4) is 11.8 Å². The van der Waals surface area contributed by atoms with E-state index in [0.717, 1.165) is 0 Å². The zero-order valence-electron chi connectivity index (χ0n) is 7.24. The van der Waals surface area contributed by atoms with E-state index in [1.165, 1.54) is 13.0 Å². The SMILES string of the molecule is CC(=O)Cc1c(O)cccc1C#N. The summed E-state index contributed by atoms with van der Waals surface area (Å²) in [6.45, 7) is 1.42. The number of carbonyl (C=O) groups is 1. The molecule has 0 atom stereocenters. The molecular weight excluding hydrogens is 166 g/mol. The topological polar surface area (TPSA) is 61.1 Å². The van der Waals surface area contributed by atoms with Crippen molar-refractivity contribution in [2.75, 3.05) is 0 Å². The van der Waals surface area contributed by atoms with Crippen LogP contribution in [0.5, 0.6) is 5.75 Å². The van der Waals surface area contributed by atoms with E-state index in [9.17, 15) is 9.90 Å². The molecule has 0 heterocycles. The number of benzene rings is 1. The maximum absolute atomic E-state index is 10.8. The minimum absolute atomic E-state index is 0.00856. The number of carbonyl (C=O) groups excluding carboxylic acids is 1. The molecule has 0 aliphatic carbocycles. The van der Waals surface area contributed by atoms with Gasteiger partial charge in [-0.15, -0.1) is 0 Å². The Balaban J connectivity index is 3.17. The van der Waals surface area contributed by atoms with Crippen molar-refractivity contribution in [2.24, 2.45) is 0 Å². The third-order valence-electron chi connectivity index (χ3n) is 1.70. The van der Waals surface area contributed by atoms with Crippen molar-refractivity contribution < 1.29 is 9.90 Å². The molecule has 3 nitrogen and oxygen atoms in total. The van der Waals surface area contributed by atoms with E-state index in [-0.39, 0.29) is 18.0 Å². The first kappa shape index (κ1) is 9.27. The molecule has 66 valence electrons. The van der Waals surface area contributed by atoms with Crippen molar-refractivity contribution in [3.05, 3.63) is 29.3 Å². The summed E-state index contributed by atoms with van der Waals surface area (Å²) in [6.07, 6.45) is 0.107. The van der Waals surface area contributed by atoms with Crippen LogP contribution in [0.1, 0.15) is 18.1 Å². The van der Waals surface area contributed by atoms with E-state index >= 15 is 0 Å². The number of hydrogen-bond donors (Lipinski definition) is 1. The van der Waals surface area contributed by atoms with Gasteiger partial charge >= 0.3 is 0 Å². The summed E-state index contributed by atoms with van der Waals surface area (Å²) in [7, 11) is 0. The second-order valence-corrected chi connectivity index (χ2v) is 2.79. The van der Waals surface area contributed by atoms with Crippen molar-refractivity contribution in [1.82, 2.24) is 0 Å². The van der Waals surface area contributed by atoms with Gasteiger partial charge in [0.2, 0.25) is 0 Å². The van der Waals surface area contributed by atoms with Gasteiger partial charge < -0.3 is 5.11 Å². The van der Waals surface area contributed by atoms with Gasteiger partial charge in [0.25, 0.3) is 0 Å². The molecule has 0 aliphatic rings. The Bertz CT molecular complexity index is 377. The highest BCUT2D eigenvalue weighted by Gasteiger charge is 2.08. The third-order valence-corrected chi connectivity index (χ3v) is 1.70. The van der Waals surface area contributed by atoms with Crippen LogP contribution >= 0.6 is 0 Å². The average molecular weight is 175 g/mol. The molecule has 0 radical (unpaired) electrons. The zero-order valence-corrected chi connectivity index (χ0v) is 7.24. The quantitative estimate of drug-likeness (QED) is 0.738. The van der Waals surface area contributed by atoms with Crippen molar-refractivity contribution in [1.29, 1.82) is 5.26 Å². The second kappa shape index (κ2) is 3.72. The Labute approximate surface area is 76.2 Å². The largest absolute Gasteiger partial charge is 0.508 e. The number of Topliss-reactive ketones (excluding diaryl/α,β-unsaturated/α-hetero) is 1. The molecule has 1 N–H and O–H groups in total. The molecule has 0 saturated carbocycles. The number of phenols is 1. The van der Waals surface area contributed by atoms with Crippen LogP contribution in [0.4, 0.5) is 0 Å². The summed E-state index contributed by atoms with van der Waals surface area (Å²) in [5.74, 6) is -0.0627. The summed E-state index contributed by atoms with van der Waals surface area (Å²) in [4.78, 5) is 10.8. The summed E-state index contributed by atoms with van der Waals surface area (Å²) in [5, 5.41) is 18.1. The van der Waals surface area contributed by atoms with Crippen molar-refractivity contribution >= 4 is 5.78 Å². The minimum Gasteiger partial charge on any atom is -0.508 e. The minimum atomic E-state index is -0.0713. The molecule has 0 amide bonds. The van der Waals surface area contributed by atoms with Crippen LogP contribution in [0.2, 0.25) is 0 Å². The average Bonchev–Trinajstić information content (AvgIpc) is 2.08. The van der Waals surface area contributed by atoms with E-state index in [1.54, 1.807) is 12.1 Å². The van der Waals surface area contributed by atoms with Gasteiger partial charge in [-0.1, -0.05) is 6.07 Å². The van der Waals surface area contributed by atoms with Crippen LogP contribution in [0, 0.1) is 11.3 Å². The van der Waals surface area contributed by atoms with Gasteiger partial charge in [0.05, 0.1) is 11.6 Å². The smallest absolute Gasteiger partial charge is 0.134 e. The normalized spacial score (nSPS) is 9.23. The Morgan fingerprint density at radius 3 is 2.85 bits per heavy atom. The monoisotopic (exact) mass is 175 g/mol. The highest BCUT2D eigenvalue weighted by atomic mass is 16.3. The Morgan fingerprint density at radius 1 is 1.62 bits per heavy atom. The fourth-order valence-corrected chi connectivity index (χ4v) is 1.11. The molecule has 0 spiro atoms. The molecule has 13 heavy (non-hydrogen) atoms. The van der Waals surface area contributed by atoms with Crippen molar-refractivity contribution in [3.63, 3.8) is 0 Å². The first-order chi connectivity index (χ1) is 6.15. The van der Waals surface area contributed by atoms with E-state index in [2.05, 4.69) is 0 Å². The molecule has 1 aromatic carbocycles. The lowest BCUT2D eigenvalue weighted by Gasteiger charge is -2.03. The summed E-state index contributed by atoms with van der Waals surface area (Å²) in [5.41, 5.74) is 0.771. The molecule has 0 unspecified atom stereocenters. The number of ketones is 1. The molecular formula is C10H9NO2. The molecule has 0 saturated heterocycles. The van der Waals surface area contributed by atoms with E-state index < -0.39 is 0 Å². The molecule has 0 aliphatic heterocycles. The predicted octanol–water partition coefficient (Wildman–Crippen LogP) is 1.40. The fourth-order valence-electron chi connectivity index (χ4n) is 1.11. The number of nitrogens with zero attached hydrogens (tertiary/aromatic N) is 1. The van der Waals surface area contributed by atoms with Gasteiger partial charge in [-0.05, 0) is 19.1 Å². The molecule has 0 bridgehead atoms. The fraction of sp³-hybridized carbons (Fsp3) is 0.200. The summed E-state index contributed by atoms with van der Waals surface area (Å²) >= 11 is 0. The highest BCUT2D eigenvalue weighted by Crippen LogP contribution is 2.20. The lowest BCUT2D eigenvalue weighted by atomic mass is 10.0. The second-order valence-electron chi connectivity index (χ2n) is 2.79. The molecule has 1 rings (SSSR count). The standard InChI is InChI=1S/C10H9NO2/c1-7(12)5-9-8(6-11)3-2-4-10(9)13/h2-4,13H,5H2,1H3. The first-order valence-electron chi connectivity index (χ1n) is 3.85. The third kappa shape index (κ3) is 2.06.